The van der Waals surface area contributed by atoms with Crippen LogP contribution in [-0.2, 0) is 11.8 Å². The summed E-state index contributed by atoms with van der Waals surface area (Å²) in [5.41, 5.74) is 4.59. The van der Waals surface area contributed by atoms with Crippen LogP contribution in [0.1, 0.15) is 11.7 Å². The maximum atomic E-state index is 12.8. The summed E-state index contributed by atoms with van der Waals surface area (Å²) in [6.45, 7) is 1.70. The summed E-state index contributed by atoms with van der Waals surface area (Å²) in [5.74, 6) is 1.39. The maximum Gasteiger partial charge on any atom is 0.255 e. The van der Waals surface area contributed by atoms with Gasteiger partial charge in [-0.1, -0.05) is 36.4 Å². The first-order valence-corrected chi connectivity index (χ1v) is 11.2. The molecule has 0 aliphatic carbocycles. The Bertz CT molecular complexity index is 1340. The predicted molar refractivity (Wildman–Crippen MR) is 132 cm³/mol. The highest BCUT2D eigenvalue weighted by Crippen LogP contribution is 2.35. The van der Waals surface area contributed by atoms with E-state index in [0.29, 0.717) is 31.3 Å². The lowest BCUT2D eigenvalue weighted by Gasteiger charge is -2.35. The van der Waals surface area contributed by atoms with Gasteiger partial charge in [-0.3, -0.25) is 14.3 Å². The topological polar surface area (TPSA) is 69.5 Å². The molecule has 2 aromatic heterocycles. The molecule has 1 aliphatic rings. The zero-order valence-electron chi connectivity index (χ0n) is 19.2. The van der Waals surface area contributed by atoms with Gasteiger partial charge in [-0.15, -0.1) is 0 Å². The summed E-state index contributed by atoms with van der Waals surface area (Å²) < 4.78 is 13.5. The molecule has 1 atom stereocenters. The highest BCUT2D eigenvalue weighted by atomic mass is 16.5. The van der Waals surface area contributed by atoms with Crippen molar-refractivity contribution in [3.63, 3.8) is 0 Å². The van der Waals surface area contributed by atoms with Gasteiger partial charge in [0, 0.05) is 43.2 Å². The fourth-order valence-electron chi connectivity index (χ4n) is 4.30. The Labute approximate surface area is 198 Å². The second-order valence-corrected chi connectivity index (χ2v) is 8.20. The number of anilines is 1. The Kier molecular flexibility index (Phi) is 6.10. The minimum atomic E-state index is -0.228. The first-order chi connectivity index (χ1) is 16.6. The minimum absolute atomic E-state index is 0.108. The van der Waals surface area contributed by atoms with Crippen LogP contribution in [0, 0.1) is 0 Å². The average Bonchev–Trinajstić information content (AvgIpc) is 2.91. The number of benzene rings is 2. The molecule has 4 aromatic rings. The highest BCUT2D eigenvalue weighted by Gasteiger charge is 2.27. The van der Waals surface area contributed by atoms with E-state index in [2.05, 4.69) is 34.1 Å². The zero-order valence-corrected chi connectivity index (χ0v) is 19.2. The van der Waals surface area contributed by atoms with Gasteiger partial charge in [-0.25, -0.2) is 4.98 Å². The number of hydrogen-bond acceptors (Lipinski definition) is 6. The molecule has 1 aliphatic heterocycles. The van der Waals surface area contributed by atoms with Gasteiger partial charge in [0.25, 0.3) is 5.56 Å². The van der Waals surface area contributed by atoms with Gasteiger partial charge in [-0.2, -0.15) is 0 Å². The van der Waals surface area contributed by atoms with Crippen molar-refractivity contribution in [1.82, 2.24) is 14.5 Å². The Morgan fingerprint density at radius 3 is 2.53 bits per heavy atom. The van der Waals surface area contributed by atoms with Gasteiger partial charge < -0.3 is 14.4 Å². The number of pyridine rings is 1. The van der Waals surface area contributed by atoms with Crippen LogP contribution < -0.4 is 15.2 Å². The molecule has 0 N–H and O–H groups in total. The molecule has 0 radical (unpaired) electrons. The molecule has 7 heteroatoms. The minimum Gasteiger partial charge on any atom is -0.496 e. The monoisotopic (exact) mass is 454 g/mol. The number of rotatable bonds is 5. The van der Waals surface area contributed by atoms with E-state index in [4.69, 9.17) is 14.5 Å². The van der Waals surface area contributed by atoms with E-state index in [0.717, 1.165) is 28.0 Å². The van der Waals surface area contributed by atoms with Crippen LogP contribution in [-0.4, -0.2) is 41.3 Å². The van der Waals surface area contributed by atoms with Crippen molar-refractivity contribution in [2.75, 3.05) is 31.7 Å². The summed E-state index contributed by atoms with van der Waals surface area (Å²) in [5, 5.41) is 0. The molecular weight excluding hydrogens is 428 g/mol. The van der Waals surface area contributed by atoms with E-state index in [9.17, 15) is 4.79 Å². The van der Waals surface area contributed by atoms with Crippen LogP contribution in [0.4, 0.5) is 5.95 Å². The molecule has 5 rings (SSSR count). The summed E-state index contributed by atoms with van der Waals surface area (Å²) in [6, 6.07) is 21.7. The van der Waals surface area contributed by atoms with Crippen LogP contribution in [0.25, 0.3) is 22.4 Å². The van der Waals surface area contributed by atoms with Crippen molar-refractivity contribution in [3.05, 3.63) is 95.0 Å². The number of methoxy groups -OCH3 is 1. The largest absolute Gasteiger partial charge is 0.496 e. The van der Waals surface area contributed by atoms with E-state index in [1.54, 1.807) is 37.2 Å². The van der Waals surface area contributed by atoms with Gasteiger partial charge in [-0.05, 0) is 35.4 Å². The van der Waals surface area contributed by atoms with E-state index in [-0.39, 0.29) is 11.7 Å². The van der Waals surface area contributed by atoms with Crippen molar-refractivity contribution in [1.29, 1.82) is 0 Å². The fraction of sp³-hybridized carbons (Fsp3) is 0.222. The normalized spacial score (nSPS) is 15.8. The van der Waals surface area contributed by atoms with E-state index in [1.165, 1.54) is 0 Å². The van der Waals surface area contributed by atoms with Crippen molar-refractivity contribution >= 4 is 5.95 Å². The molecule has 0 saturated carbocycles. The van der Waals surface area contributed by atoms with Crippen molar-refractivity contribution in [2.24, 2.45) is 7.05 Å². The maximum absolute atomic E-state index is 12.8. The molecule has 1 saturated heterocycles. The number of nitrogens with zero attached hydrogens (tertiary/aromatic N) is 4. The van der Waals surface area contributed by atoms with Gasteiger partial charge in [0.15, 0.2) is 0 Å². The van der Waals surface area contributed by atoms with E-state index >= 15 is 0 Å². The molecule has 0 spiro atoms. The lowest BCUT2D eigenvalue weighted by Crippen LogP contribution is -2.41. The van der Waals surface area contributed by atoms with Crippen LogP contribution in [0.5, 0.6) is 5.75 Å². The predicted octanol–water partition coefficient (Wildman–Crippen LogP) is 4.10. The second-order valence-electron chi connectivity index (χ2n) is 8.20. The van der Waals surface area contributed by atoms with Crippen LogP contribution >= 0.6 is 0 Å². The lowest BCUT2D eigenvalue weighted by molar-refractivity contribution is 0.0375. The quantitative estimate of drug-likeness (QED) is 0.452. The molecule has 0 amide bonds. The molecule has 1 unspecified atom stereocenters. The molecule has 3 heterocycles. The number of aromatic nitrogens is 3. The van der Waals surface area contributed by atoms with Crippen molar-refractivity contribution in [3.8, 4) is 28.1 Å². The summed E-state index contributed by atoms with van der Waals surface area (Å²) in [4.78, 5) is 23.8. The Morgan fingerprint density at radius 2 is 1.76 bits per heavy atom. The van der Waals surface area contributed by atoms with Gasteiger partial charge >= 0.3 is 0 Å². The summed E-state index contributed by atoms with van der Waals surface area (Å²) in [7, 11) is 3.42. The van der Waals surface area contributed by atoms with Gasteiger partial charge in [0.2, 0.25) is 5.95 Å². The van der Waals surface area contributed by atoms with E-state index in [1.807, 2.05) is 36.4 Å². The summed E-state index contributed by atoms with van der Waals surface area (Å²) in [6.07, 6.45) is 3.17. The smallest absolute Gasteiger partial charge is 0.255 e. The van der Waals surface area contributed by atoms with Crippen molar-refractivity contribution in [2.45, 2.75) is 6.10 Å². The third-order valence-electron chi connectivity index (χ3n) is 6.12. The molecule has 2 aromatic carbocycles. The average molecular weight is 455 g/mol. The van der Waals surface area contributed by atoms with Crippen LogP contribution in [0.3, 0.4) is 0 Å². The molecule has 0 bridgehead atoms. The van der Waals surface area contributed by atoms with Gasteiger partial charge in [0.1, 0.15) is 11.9 Å². The molecule has 34 heavy (non-hydrogen) atoms. The zero-order chi connectivity index (χ0) is 23.5. The van der Waals surface area contributed by atoms with Crippen LogP contribution in [0.15, 0.2) is 83.9 Å². The Hall–Kier alpha value is -3.97. The first kappa shape index (κ1) is 21.9. The lowest BCUT2D eigenvalue weighted by atomic mass is 9.99. The number of ether oxygens (including phenoxy) is 2. The standard InChI is InChI=1S/C27H26N4O3/c1-30-26(32)17-23(20-10-12-28-13-11-20)29-27(30)31-14-15-34-25(18-31)22-16-21(8-9-24(22)33-2)19-6-4-3-5-7-19/h3-13,16-17,25H,14-15,18H2,1-2H3. The summed E-state index contributed by atoms with van der Waals surface area (Å²) >= 11 is 0. The number of morpholine rings is 1. The third-order valence-corrected chi connectivity index (χ3v) is 6.12. The molecule has 7 nitrogen and oxygen atoms in total. The molecule has 1 fully saturated rings. The highest BCUT2D eigenvalue weighted by molar-refractivity contribution is 5.66. The van der Waals surface area contributed by atoms with Crippen LogP contribution in [0.2, 0.25) is 0 Å². The second kappa shape index (κ2) is 9.49. The van der Waals surface area contributed by atoms with Crippen molar-refractivity contribution < 1.29 is 9.47 Å². The number of hydrogen-bond donors (Lipinski definition) is 0. The third kappa shape index (κ3) is 4.30. The van der Waals surface area contributed by atoms with E-state index < -0.39 is 0 Å². The SMILES string of the molecule is COc1ccc(-c2ccccc2)cc1C1CN(c2nc(-c3ccncc3)cc(=O)n2C)CCO1. The fourth-order valence-corrected chi connectivity index (χ4v) is 4.30. The Morgan fingerprint density at radius 1 is 0.971 bits per heavy atom. The first-order valence-electron chi connectivity index (χ1n) is 11.2. The molecule has 172 valence electrons. The van der Waals surface area contributed by atoms with Gasteiger partial charge in [0.05, 0.1) is 26.0 Å². The Balaban J connectivity index is 1.50. The molecular formula is C27H26N4O3.